The average Bonchev–Trinajstić information content (AvgIpc) is 2.53. The third kappa shape index (κ3) is 5.93. The van der Waals surface area contributed by atoms with E-state index in [0.29, 0.717) is 11.5 Å². The van der Waals surface area contributed by atoms with Gasteiger partial charge in [-0.1, -0.05) is 38.1 Å². The quantitative estimate of drug-likeness (QED) is 0.380. The number of aliphatic hydroxyl groups is 6. The molecule has 1 aromatic carbocycles. The van der Waals surface area contributed by atoms with Crippen molar-refractivity contribution >= 4 is 6.08 Å². The van der Waals surface area contributed by atoms with E-state index in [4.69, 9.17) is 5.11 Å². The van der Waals surface area contributed by atoms with Crippen molar-refractivity contribution in [3.8, 4) is 0 Å². The Morgan fingerprint density at radius 1 is 1.00 bits per heavy atom. The van der Waals surface area contributed by atoms with E-state index in [1.165, 1.54) is 6.08 Å². The van der Waals surface area contributed by atoms with Crippen LogP contribution in [-0.2, 0) is 6.42 Å². The van der Waals surface area contributed by atoms with Gasteiger partial charge in [-0.05, 0) is 29.5 Å². The summed E-state index contributed by atoms with van der Waals surface area (Å²) >= 11 is 0. The van der Waals surface area contributed by atoms with E-state index in [-0.39, 0.29) is 0 Å². The van der Waals surface area contributed by atoms with E-state index in [2.05, 4.69) is 13.8 Å². The second-order valence-corrected chi connectivity index (χ2v) is 6.08. The van der Waals surface area contributed by atoms with Gasteiger partial charge in [0.05, 0.1) is 6.61 Å². The molecule has 23 heavy (non-hydrogen) atoms. The van der Waals surface area contributed by atoms with Crippen molar-refractivity contribution in [2.75, 3.05) is 6.61 Å². The summed E-state index contributed by atoms with van der Waals surface area (Å²) < 4.78 is 0. The van der Waals surface area contributed by atoms with Gasteiger partial charge in [-0.15, -0.1) is 0 Å². The first-order chi connectivity index (χ1) is 10.8. The topological polar surface area (TPSA) is 121 Å². The monoisotopic (exact) mass is 326 g/mol. The Hall–Kier alpha value is -1.44. The standard InChI is InChI=1S/C17H26O6/c1-10(2)7-11-3-5-12(6-4-11)8-13(19)15(21)17(23)16(22)14(20)9-18/h3-6,8,10,14-23H,7,9H2,1-2H3. The van der Waals surface area contributed by atoms with Crippen molar-refractivity contribution in [1.82, 2.24) is 0 Å². The maximum atomic E-state index is 9.86. The molecule has 0 aliphatic heterocycles. The second kappa shape index (κ2) is 9.00. The molecular formula is C17H26O6. The predicted octanol–water partition coefficient (Wildman–Crippen LogP) is 0.220. The second-order valence-electron chi connectivity index (χ2n) is 6.08. The molecule has 0 aliphatic carbocycles. The molecule has 0 bridgehead atoms. The fraction of sp³-hybridized carbons (Fsp3) is 0.529. The van der Waals surface area contributed by atoms with Crippen LogP contribution in [0.3, 0.4) is 0 Å². The van der Waals surface area contributed by atoms with Gasteiger partial charge in [0.1, 0.15) is 30.2 Å². The van der Waals surface area contributed by atoms with Crippen LogP contribution in [0.2, 0.25) is 0 Å². The van der Waals surface area contributed by atoms with E-state index < -0.39 is 36.8 Å². The highest BCUT2D eigenvalue weighted by Gasteiger charge is 2.32. The molecule has 1 rings (SSSR count). The molecule has 0 aromatic heterocycles. The van der Waals surface area contributed by atoms with Gasteiger partial charge in [0, 0.05) is 0 Å². The van der Waals surface area contributed by atoms with Crippen molar-refractivity contribution in [3.63, 3.8) is 0 Å². The van der Waals surface area contributed by atoms with Gasteiger partial charge in [-0.3, -0.25) is 0 Å². The number of aliphatic hydroxyl groups excluding tert-OH is 6. The van der Waals surface area contributed by atoms with Crippen LogP contribution in [0, 0.1) is 5.92 Å². The summed E-state index contributed by atoms with van der Waals surface area (Å²) in [6, 6.07) is 7.36. The minimum absolute atomic E-state index is 0.529. The van der Waals surface area contributed by atoms with Crippen LogP contribution in [0.4, 0.5) is 0 Å². The zero-order chi connectivity index (χ0) is 17.6. The number of hydrogen-bond donors (Lipinski definition) is 6. The summed E-state index contributed by atoms with van der Waals surface area (Å²) in [4.78, 5) is 0. The molecule has 0 spiro atoms. The smallest absolute Gasteiger partial charge is 0.139 e. The van der Waals surface area contributed by atoms with Crippen molar-refractivity contribution in [3.05, 3.63) is 41.2 Å². The largest absolute Gasteiger partial charge is 0.509 e. The predicted molar refractivity (Wildman–Crippen MR) is 86.7 cm³/mol. The van der Waals surface area contributed by atoms with Gasteiger partial charge in [0.2, 0.25) is 0 Å². The van der Waals surface area contributed by atoms with Crippen LogP contribution in [-0.4, -0.2) is 61.7 Å². The van der Waals surface area contributed by atoms with Crippen molar-refractivity contribution in [2.45, 2.75) is 44.7 Å². The number of hydrogen-bond acceptors (Lipinski definition) is 6. The molecule has 0 amide bonds. The van der Waals surface area contributed by atoms with Crippen molar-refractivity contribution in [2.24, 2.45) is 5.92 Å². The molecule has 6 nitrogen and oxygen atoms in total. The maximum Gasteiger partial charge on any atom is 0.139 e. The molecule has 6 heteroatoms. The lowest BCUT2D eigenvalue weighted by atomic mass is 9.99. The molecule has 0 aliphatic rings. The summed E-state index contributed by atoms with van der Waals surface area (Å²) in [5.41, 5.74) is 1.78. The maximum absolute atomic E-state index is 9.86. The van der Waals surface area contributed by atoms with E-state index in [1.54, 1.807) is 12.1 Å². The Morgan fingerprint density at radius 2 is 1.57 bits per heavy atom. The summed E-state index contributed by atoms with van der Waals surface area (Å²) in [5, 5.41) is 56.9. The van der Waals surface area contributed by atoms with Crippen LogP contribution >= 0.6 is 0 Å². The van der Waals surface area contributed by atoms with Crippen LogP contribution in [0.15, 0.2) is 30.0 Å². The Bertz CT molecular complexity index is 496. The fourth-order valence-electron chi connectivity index (χ4n) is 2.17. The molecule has 4 unspecified atom stereocenters. The minimum atomic E-state index is -1.83. The number of benzene rings is 1. The zero-order valence-electron chi connectivity index (χ0n) is 13.4. The molecule has 0 saturated carbocycles. The van der Waals surface area contributed by atoms with Crippen molar-refractivity contribution < 1.29 is 30.6 Å². The molecule has 1 aromatic rings. The molecule has 0 fully saturated rings. The average molecular weight is 326 g/mol. The van der Waals surface area contributed by atoms with Gasteiger partial charge in [-0.25, -0.2) is 0 Å². The fourth-order valence-corrected chi connectivity index (χ4v) is 2.17. The first-order valence-electron chi connectivity index (χ1n) is 7.58. The Kier molecular flexibility index (Phi) is 7.67. The van der Waals surface area contributed by atoms with E-state index in [0.717, 1.165) is 12.0 Å². The Labute approximate surface area is 136 Å². The first kappa shape index (κ1) is 19.6. The van der Waals surface area contributed by atoms with Gasteiger partial charge in [-0.2, -0.15) is 0 Å². The lowest BCUT2D eigenvalue weighted by molar-refractivity contribution is -0.112. The molecule has 130 valence electrons. The first-order valence-corrected chi connectivity index (χ1v) is 7.58. The molecule has 0 radical (unpaired) electrons. The Balaban J connectivity index is 2.78. The third-order valence-corrected chi connectivity index (χ3v) is 3.50. The molecule has 4 atom stereocenters. The van der Waals surface area contributed by atoms with E-state index >= 15 is 0 Å². The molecule has 0 saturated heterocycles. The van der Waals surface area contributed by atoms with Crippen LogP contribution in [0.25, 0.3) is 6.08 Å². The lowest BCUT2D eigenvalue weighted by Crippen LogP contribution is -2.46. The van der Waals surface area contributed by atoms with Gasteiger partial charge < -0.3 is 30.6 Å². The third-order valence-electron chi connectivity index (χ3n) is 3.50. The molecule has 6 N–H and O–H groups in total. The van der Waals surface area contributed by atoms with Crippen LogP contribution in [0.1, 0.15) is 25.0 Å². The van der Waals surface area contributed by atoms with Crippen molar-refractivity contribution in [1.29, 1.82) is 0 Å². The zero-order valence-corrected chi connectivity index (χ0v) is 13.4. The van der Waals surface area contributed by atoms with Crippen LogP contribution < -0.4 is 0 Å². The molecular weight excluding hydrogens is 300 g/mol. The normalized spacial score (nSPS) is 17.8. The lowest BCUT2D eigenvalue weighted by Gasteiger charge is -2.25. The Morgan fingerprint density at radius 3 is 2.04 bits per heavy atom. The summed E-state index contributed by atoms with van der Waals surface area (Å²) in [7, 11) is 0. The van der Waals surface area contributed by atoms with Gasteiger partial charge in [0.25, 0.3) is 0 Å². The summed E-state index contributed by atoms with van der Waals surface area (Å²) in [6.07, 6.45) is -4.79. The summed E-state index contributed by atoms with van der Waals surface area (Å²) in [6.45, 7) is 3.46. The number of rotatable bonds is 8. The van der Waals surface area contributed by atoms with Crippen LogP contribution in [0.5, 0.6) is 0 Å². The van der Waals surface area contributed by atoms with E-state index in [9.17, 15) is 25.5 Å². The highest BCUT2D eigenvalue weighted by atomic mass is 16.4. The highest BCUT2D eigenvalue weighted by molar-refractivity contribution is 5.52. The van der Waals surface area contributed by atoms with E-state index in [1.807, 2.05) is 12.1 Å². The summed E-state index contributed by atoms with van der Waals surface area (Å²) in [5.74, 6) is -0.0143. The van der Waals surface area contributed by atoms with Gasteiger partial charge in [0.15, 0.2) is 0 Å². The SMILES string of the molecule is CC(C)Cc1ccc(C=C(O)C(O)C(O)C(O)C(O)CO)cc1. The minimum Gasteiger partial charge on any atom is -0.509 e. The highest BCUT2D eigenvalue weighted by Crippen LogP contribution is 2.16. The van der Waals surface area contributed by atoms with Gasteiger partial charge >= 0.3 is 0 Å². The molecule has 0 heterocycles.